The fourth-order valence-corrected chi connectivity index (χ4v) is 11.3. The number of ether oxygens (including phenoxy) is 1. The lowest BCUT2D eigenvalue weighted by atomic mass is 9.87. The van der Waals surface area contributed by atoms with Crippen molar-refractivity contribution >= 4 is 66.1 Å². The molecule has 1 amide bonds. The number of carbonyl (C=O) groups excluding carboxylic acids is 1. The second-order valence-electron chi connectivity index (χ2n) is 16.7. The monoisotopic (exact) mass is 973 g/mol. The zero-order chi connectivity index (χ0) is 46.0. The number of nitrogens with zero attached hydrogens (tertiary/aromatic N) is 1. The molecular weight excluding hydrogens is 919 g/mol. The second kappa shape index (κ2) is 22.1. The average molecular weight is 975 g/mol. The molecule has 4 aromatic carbocycles. The Balaban J connectivity index is 0.997. The Morgan fingerprint density at radius 1 is 0.892 bits per heavy atom. The number of halogens is 4. The van der Waals surface area contributed by atoms with Gasteiger partial charge in [0.05, 0.1) is 17.2 Å². The van der Waals surface area contributed by atoms with Gasteiger partial charge in [0.15, 0.2) is 0 Å². The predicted octanol–water partition coefficient (Wildman–Crippen LogP) is 9.25. The van der Waals surface area contributed by atoms with E-state index in [4.69, 9.17) is 16.3 Å². The van der Waals surface area contributed by atoms with Crippen LogP contribution in [0.25, 0.3) is 5.57 Å². The number of anilines is 2. The molecule has 1 aliphatic heterocycles. The van der Waals surface area contributed by atoms with Gasteiger partial charge in [-0.05, 0) is 135 Å². The first-order valence-electron chi connectivity index (χ1n) is 22.0. The van der Waals surface area contributed by atoms with Crippen molar-refractivity contribution in [2.45, 2.75) is 83.6 Å². The SMILES string of the molecule is O=C(NS(=O)(=O)c1ccc(N[C@H](CCN(CC2CCOC2)C2CC2)CSc2ccccc2)c(S(=O)(=O)C(F)(F)F)c1)c1ccc(NCCNCC2=C(c3ccc(Cl)cc3)CCCC2)cc1. The molecule has 4 N–H and O–H groups in total. The number of nitrogens with one attached hydrogen (secondary N) is 4. The van der Waals surface area contributed by atoms with Crippen LogP contribution >= 0.6 is 23.4 Å². The molecule has 1 saturated heterocycles. The van der Waals surface area contributed by atoms with Gasteiger partial charge in [0.25, 0.3) is 25.8 Å². The predicted molar refractivity (Wildman–Crippen MR) is 252 cm³/mol. The number of sulfone groups is 1. The van der Waals surface area contributed by atoms with Crippen LogP contribution in [-0.4, -0.2) is 96.9 Å². The zero-order valence-corrected chi connectivity index (χ0v) is 39.1. The molecule has 3 aliphatic rings. The number of benzene rings is 4. The molecule has 2 atom stereocenters. The largest absolute Gasteiger partial charge is 0.501 e. The van der Waals surface area contributed by atoms with E-state index in [1.54, 1.807) is 12.1 Å². The van der Waals surface area contributed by atoms with E-state index < -0.39 is 47.1 Å². The molecule has 1 heterocycles. The Morgan fingerprint density at radius 3 is 2.32 bits per heavy atom. The molecule has 1 saturated carbocycles. The van der Waals surface area contributed by atoms with E-state index in [0.29, 0.717) is 73.8 Å². The van der Waals surface area contributed by atoms with Crippen LogP contribution in [0.4, 0.5) is 24.5 Å². The number of allylic oxidation sites excluding steroid dienone is 1. The number of thioether (sulfide) groups is 1. The smallest absolute Gasteiger partial charge is 0.384 e. The van der Waals surface area contributed by atoms with Gasteiger partial charge in [-0.3, -0.25) is 9.69 Å². The molecular formula is C47H55ClF3N5O6S3. The summed E-state index contributed by atoms with van der Waals surface area (Å²) in [4.78, 5) is 14.5. The van der Waals surface area contributed by atoms with Gasteiger partial charge in [0.1, 0.15) is 4.90 Å². The molecule has 65 heavy (non-hydrogen) atoms. The average Bonchev–Trinajstić information content (AvgIpc) is 4.01. The Labute approximate surface area is 389 Å². The molecule has 1 unspecified atom stereocenters. The van der Waals surface area contributed by atoms with Crippen LogP contribution in [0.1, 0.15) is 67.3 Å². The van der Waals surface area contributed by atoms with E-state index in [-0.39, 0.29) is 11.3 Å². The maximum atomic E-state index is 14.2. The lowest BCUT2D eigenvalue weighted by Crippen LogP contribution is -2.36. The minimum Gasteiger partial charge on any atom is -0.384 e. The van der Waals surface area contributed by atoms with Crippen molar-refractivity contribution in [2.75, 3.05) is 62.3 Å². The molecule has 4 aromatic rings. The van der Waals surface area contributed by atoms with Crippen molar-refractivity contribution in [2.24, 2.45) is 5.92 Å². The summed E-state index contributed by atoms with van der Waals surface area (Å²) in [6.07, 6.45) is 7.88. The van der Waals surface area contributed by atoms with E-state index in [1.807, 2.05) is 47.2 Å². The number of alkyl halides is 3. The summed E-state index contributed by atoms with van der Waals surface area (Å²) >= 11 is 7.57. The third kappa shape index (κ3) is 13.5. The van der Waals surface area contributed by atoms with Crippen LogP contribution in [0.2, 0.25) is 5.02 Å². The molecule has 2 aliphatic carbocycles. The van der Waals surface area contributed by atoms with Crippen LogP contribution < -0.4 is 20.7 Å². The maximum absolute atomic E-state index is 14.2. The molecule has 350 valence electrons. The first-order chi connectivity index (χ1) is 31.2. The van der Waals surface area contributed by atoms with Gasteiger partial charge in [-0.15, -0.1) is 11.8 Å². The quantitative estimate of drug-likeness (QED) is 0.0442. The third-order valence-electron chi connectivity index (χ3n) is 11.9. The molecule has 0 spiro atoms. The van der Waals surface area contributed by atoms with Crippen molar-refractivity contribution < 1.29 is 39.5 Å². The summed E-state index contributed by atoms with van der Waals surface area (Å²) in [6, 6.07) is 25.8. The topological polar surface area (TPSA) is 146 Å². The number of carbonyl (C=O) groups is 1. The van der Waals surface area contributed by atoms with Crippen LogP contribution in [-0.2, 0) is 24.6 Å². The number of sulfonamides is 1. The molecule has 0 radical (unpaired) electrons. The lowest BCUT2D eigenvalue weighted by molar-refractivity contribution is -0.0435. The highest BCUT2D eigenvalue weighted by Crippen LogP contribution is 2.38. The van der Waals surface area contributed by atoms with E-state index in [0.717, 1.165) is 75.1 Å². The van der Waals surface area contributed by atoms with E-state index in [9.17, 15) is 34.8 Å². The van der Waals surface area contributed by atoms with Crippen molar-refractivity contribution in [3.63, 3.8) is 0 Å². The van der Waals surface area contributed by atoms with E-state index in [2.05, 4.69) is 33.0 Å². The standard InChI is InChI=1S/C47H55ClF3N5O6S3/c48-37-14-10-34(11-15-37)43-9-5-4-6-36(43)29-52-24-25-53-38-16-12-35(13-17-38)46(57)55-65(60,61)42-20-21-44(45(28-42)64(58,59)47(49,50)51)54-39(32-63-41-7-2-1-3-8-41)22-26-56(40-18-19-40)30-33-23-27-62-31-33/h1-3,7-8,10-17,20-21,28,33,39-40,52-54H,4-6,9,18-19,22-27,29-32H2,(H,55,57)/t33?,39-/m1/s1. The van der Waals surface area contributed by atoms with Gasteiger partial charge in [-0.1, -0.05) is 47.5 Å². The number of hydrogen-bond acceptors (Lipinski definition) is 11. The zero-order valence-electron chi connectivity index (χ0n) is 35.9. The van der Waals surface area contributed by atoms with Gasteiger partial charge in [-0.25, -0.2) is 21.6 Å². The number of hydrogen-bond donors (Lipinski definition) is 4. The second-order valence-corrected chi connectivity index (χ2v) is 21.9. The first-order valence-corrected chi connectivity index (χ1v) is 26.3. The summed E-state index contributed by atoms with van der Waals surface area (Å²) in [5, 5.41) is 10.5. The van der Waals surface area contributed by atoms with Gasteiger partial charge in [0.2, 0.25) is 0 Å². The lowest BCUT2D eigenvalue weighted by Gasteiger charge is -2.28. The van der Waals surface area contributed by atoms with Crippen LogP contribution in [0.15, 0.2) is 117 Å². The third-order valence-corrected chi connectivity index (χ3v) is 16.2. The highest BCUT2D eigenvalue weighted by molar-refractivity contribution is 7.99. The van der Waals surface area contributed by atoms with Gasteiger partial charge in [-0.2, -0.15) is 13.2 Å². The first kappa shape index (κ1) is 48.8. The van der Waals surface area contributed by atoms with Crippen molar-refractivity contribution in [3.05, 3.63) is 119 Å². The minimum atomic E-state index is -6.06. The molecule has 11 nitrogen and oxygen atoms in total. The summed E-state index contributed by atoms with van der Waals surface area (Å²) < 4.78 is 104. The molecule has 7 rings (SSSR count). The number of amides is 1. The molecule has 18 heteroatoms. The van der Waals surface area contributed by atoms with Gasteiger partial charge < -0.3 is 20.7 Å². The van der Waals surface area contributed by atoms with Gasteiger partial charge >= 0.3 is 5.51 Å². The summed E-state index contributed by atoms with van der Waals surface area (Å²) in [7, 11) is -10.9. The van der Waals surface area contributed by atoms with Crippen molar-refractivity contribution in [1.82, 2.24) is 14.9 Å². The summed E-state index contributed by atoms with van der Waals surface area (Å²) in [5.74, 6) is -0.271. The highest BCUT2D eigenvalue weighted by atomic mass is 35.5. The Hall–Kier alpha value is -4.10. The molecule has 2 fully saturated rings. The van der Waals surface area contributed by atoms with E-state index >= 15 is 0 Å². The van der Waals surface area contributed by atoms with Crippen LogP contribution in [0.3, 0.4) is 0 Å². The maximum Gasteiger partial charge on any atom is 0.501 e. The highest BCUT2D eigenvalue weighted by Gasteiger charge is 2.48. The fourth-order valence-electron chi connectivity index (χ4n) is 8.19. The van der Waals surface area contributed by atoms with Gasteiger partial charge in [0, 0.05) is 78.3 Å². The van der Waals surface area contributed by atoms with Crippen LogP contribution in [0.5, 0.6) is 0 Å². The molecule has 0 bridgehead atoms. The Kier molecular flexibility index (Phi) is 16.6. The summed E-state index contributed by atoms with van der Waals surface area (Å²) in [5.41, 5.74) is -1.55. The summed E-state index contributed by atoms with van der Waals surface area (Å²) in [6.45, 7) is 4.82. The minimum absolute atomic E-state index is 0.0305. The van der Waals surface area contributed by atoms with E-state index in [1.165, 1.54) is 40.6 Å². The van der Waals surface area contributed by atoms with Crippen molar-refractivity contribution in [1.29, 1.82) is 0 Å². The normalized spacial score (nSPS) is 17.6. The fraction of sp³-hybridized carbons (Fsp3) is 0.426. The Morgan fingerprint density at radius 2 is 1.63 bits per heavy atom. The van der Waals surface area contributed by atoms with Crippen LogP contribution in [0, 0.1) is 5.92 Å². The number of rotatable bonds is 22. The molecule has 0 aromatic heterocycles. The van der Waals surface area contributed by atoms with Crippen molar-refractivity contribution in [3.8, 4) is 0 Å². The Bertz CT molecular complexity index is 2490.